The molecule has 2 saturated heterocycles. The van der Waals surface area contributed by atoms with Crippen LogP contribution >= 0.6 is 0 Å². The molecule has 0 spiro atoms. The number of nitrogens with zero attached hydrogens (tertiary/aromatic N) is 4. The Balaban J connectivity index is 1.38. The summed E-state index contributed by atoms with van der Waals surface area (Å²) in [5, 5.41) is 1.07. The number of fused-ring (bicyclic) bond motifs is 3. The minimum atomic E-state index is -3.97. The summed E-state index contributed by atoms with van der Waals surface area (Å²) < 4.78 is 36.1. The number of ether oxygens (including phenoxy) is 1. The van der Waals surface area contributed by atoms with Gasteiger partial charge < -0.3 is 19.1 Å². The second-order valence-corrected chi connectivity index (χ2v) is 16.3. The van der Waals surface area contributed by atoms with Crippen molar-refractivity contribution < 1.29 is 22.7 Å². The first-order valence-corrected chi connectivity index (χ1v) is 18.5. The number of hydrogen-bond acceptors (Lipinski definition) is 6. The Morgan fingerprint density at radius 3 is 2.21 bits per heavy atom. The predicted molar refractivity (Wildman–Crippen MR) is 183 cm³/mol. The number of likely N-dealkylation sites (N-methyl/N-ethyl adjacent to an activating group) is 1. The van der Waals surface area contributed by atoms with Crippen molar-refractivity contribution >= 4 is 32.9 Å². The summed E-state index contributed by atoms with van der Waals surface area (Å²) in [5.41, 5.74) is 4.04. The van der Waals surface area contributed by atoms with Crippen LogP contribution in [-0.4, -0.2) is 92.3 Å². The standard InChI is InChI=1S/C36H47N5O5S/c1-38(2)47(44,45)37-34(42)26-12-17-30-31(20-26)40(23-36(18-19-36)35(43)41-27-13-14-28(41)22-39(3)21-27)33(25-10-15-29(46-4)16-11-25)32(30)24-8-6-5-7-9-24/h10-12,15-17,20,24,27-28H,5-9,13-14,18-19,21-23H2,1-4H3,(H,37,42). The lowest BCUT2D eigenvalue weighted by Crippen LogP contribution is -2.56. The van der Waals surface area contributed by atoms with E-state index in [1.54, 1.807) is 13.2 Å². The Bertz CT molecular complexity index is 1780. The van der Waals surface area contributed by atoms with Crippen LogP contribution in [-0.2, 0) is 21.5 Å². The summed E-state index contributed by atoms with van der Waals surface area (Å²) in [5.74, 6) is 0.712. The minimum Gasteiger partial charge on any atom is -0.497 e. The molecule has 10 nitrogen and oxygen atoms in total. The van der Waals surface area contributed by atoms with Crippen LogP contribution < -0.4 is 9.46 Å². The Hall–Kier alpha value is -3.41. The fourth-order valence-corrected chi connectivity index (χ4v) is 8.96. The molecule has 2 aliphatic heterocycles. The SMILES string of the molecule is COc1ccc(-c2c(C3CCCCC3)c3ccc(C(=O)NS(=O)(=O)N(C)C)cc3n2CC2(C(=O)N3C4CCC3CN(C)C4)CC2)cc1. The normalized spacial score (nSPS) is 23.0. The second kappa shape index (κ2) is 12.2. The molecule has 2 bridgehead atoms. The van der Waals surface area contributed by atoms with Crippen LogP contribution in [0.1, 0.15) is 79.6 Å². The van der Waals surface area contributed by atoms with Gasteiger partial charge in [0.1, 0.15) is 5.75 Å². The number of methoxy groups -OCH3 is 1. The quantitative estimate of drug-likeness (QED) is 0.347. The van der Waals surface area contributed by atoms with E-state index in [1.807, 2.05) is 24.3 Å². The van der Waals surface area contributed by atoms with Crippen LogP contribution in [0.15, 0.2) is 42.5 Å². The highest BCUT2D eigenvalue weighted by Gasteiger charge is 2.56. The average molecular weight is 662 g/mol. The number of hydrogen-bond donors (Lipinski definition) is 1. The van der Waals surface area contributed by atoms with E-state index in [1.165, 1.54) is 26.1 Å². The molecule has 2 aromatic carbocycles. The largest absolute Gasteiger partial charge is 0.497 e. The number of rotatable bonds is 9. The fourth-order valence-electron chi connectivity index (χ4n) is 8.43. The zero-order valence-electron chi connectivity index (χ0n) is 28.0. The first kappa shape index (κ1) is 32.2. The van der Waals surface area contributed by atoms with Crippen molar-refractivity contribution in [2.24, 2.45) is 5.41 Å². The number of benzene rings is 2. The van der Waals surface area contributed by atoms with Crippen molar-refractivity contribution in [3.05, 3.63) is 53.6 Å². The van der Waals surface area contributed by atoms with Gasteiger partial charge in [-0.3, -0.25) is 9.59 Å². The van der Waals surface area contributed by atoms with Gasteiger partial charge in [0.25, 0.3) is 5.91 Å². The highest BCUT2D eigenvalue weighted by atomic mass is 32.2. The van der Waals surface area contributed by atoms with Gasteiger partial charge in [0, 0.05) is 62.3 Å². The average Bonchev–Trinajstić information content (AvgIpc) is 3.71. The van der Waals surface area contributed by atoms with E-state index in [4.69, 9.17) is 4.74 Å². The highest BCUT2D eigenvalue weighted by molar-refractivity contribution is 7.87. The highest BCUT2D eigenvalue weighted by Crippen LogP contribution is 2.53. The van der Waals surface area contributed by atoms with Crippen molar-refractivity contribution in [1.29, 1.82) is 0 Å². The van der Waals surface area contributed by atoms with Crippen molar-refractivity contribution in [3.8, 4) is 17.0 Å². The summed E-state index contributed by atoms with van der Waals surface area (Å²) in [4.78, 5) is 32.5. The van der Waals surface area contributed by atoms with Crippen LogP contribution in [0, 0.1) is 5.41 Å². The summed E-state index contributed by atoms with van der Waals surface area (Å²) in [6.07, 6.45) is 9.50. The summed E-state index contributed by atoms with van der Waals surface area (Å²) in [6.45, 7) is 2.35. The van der Waals surface area contributed by atoms with Gasteiger partial charge in [-0.05, 0) is 99.0 Å². The Morgan fingerprint density at radius 2 is 1.62 bits per heavy atom. The van der Waals surface area contributed by atoms with Gasteiger partial charge in [-0.25, -0.2) is 4.72 Å². The first-order valence-electron chi connectivity index (χ1n) is 17.1. The summed E-state index contributed by atoms with van der Waals surface area (Å²) in [6, 6.07) is 14.2. The number of amides is 2. The molecule has 3 aromatic rings. The maximum Gasteiger partial charge on any atom is 0.303 e. The number of piperazine rings is 1. The van der Waals surface area contributed by atoms with Crippen molar-refractivity contribution in [2.75, 3.05) is 41.3 Å². The van der Waals surface area contributed by atoms with Crippen LogP contribution in [0.25, 0.3) is 22.2 Å². The molecular weight excluding hydrogens is 614 g/mol. The lowest BCUT2D eigenvalue weighted by molar-refractivity contribution is -0.143. The third kappa shape index (κ3) is 5.84. The molecule has 2 unspecified atom stereocenters. The van der Waals surface area contributed by atoms with Crippen LogP contribution in [0.4, 0.5) is 0 Å². The topological polar surface area (TPSA) is 104 Å². The Labute approximate surface area is 278 Å². The molecule has 7 rings (SSSR count). The molecular formula is C36H47N5O5S. The van der Waals surface area contributed by atoms with Crippen LogP contribution in [0.5, 0.6) is 5.75 Å². The molecule has 2 amide bonds. The van der Waals surface area contributed by atoms with E-state index in [9.17, 15) is 18.0 Å². The first-order chi connectivity index (χ1) is 22.5. The number of carbonyl (C=O) groups is 2. The monoisotopic (exact) mass is 661 g/mol. The van der Waals surface area contributed by atoms with Gasteiger partial charge in [0.2, 0.25) is 5.91 Å². The lowest BCUT2D eigenvalue weighted by atomic mass is 9.81. The molecule has 2 saturated carbocycles. The number of aromatic nitrogens is 1. The van der Waals surface area contributed by atoms with Gasteiger partial charge in [0.15, 0.2) is 0 Å². The van der Waals surface area contributed by atoms with Gasteiger partial charge in [-0.1, -0.05) is 25.3 Å². The zero-order chi connectivity index (χ0) is 33.1. The maximum absolute atomic E-state index is 14.6. The van der Waals surface area contributed by atoms with E-state index in [0.29, 0.717) is 12.5 Å². The number of nitrogens with one attached hydrogen (secondary N) is 1. The molecule has 0 radical (unpaired) electrons. The van der Waals surface area contributed by atoms with Crippen LogP contribution in [0.3, 0.4) is 0 Å². The van der Waals surface area contributed by atoms with E-state index in [0.717, 1.165) is 96.7 Å². The predicted octanol–water partition coefficient (Wildman–Crippen LogP) is 4.99. The smallest absolute Gasteiger partial charge is 0.303 e. The van der Waals surface area contributed by atoms with Gasteiger partial charge >= 0.3 is 10.2 Å². The zero-order valence-corrected chi connectivity index (χ0v) is 28.8. The third-order valence-electron chi connectivity index (χ3n) is 11.1. The molecule has 47 heavy (non-hydrogen) atoms. The maximum atomic E-state index is 14.6. The molecule has 4 aliphatic rings. The third-order valence-corrected chi connectivity index (χ3v) is 12.5. The number of carbonyl (C=O) groups excluding carboxylic acids is 2. The fraction of sp³-hybridized carbons (Fsp3) is 0.556. The minimum absolute atomic E-state index is 0.262. The van der Waals surface area contributed by atoms with E-state index < -0.39 is 21.5 Å². The second-order valence-electron chi connectivity index (χ2n) is 14.5. The Morgan fingerprint density at radius 1 is 0.957 bits per heavy atom. The molecule has 2 atom stereocenters. The van der Waals surface area contributed by atoms with E-state index >= 15 is 0 Å². The van der Waals surface area contributed by atoms with E-state index in [-0.39, 0.29) is 23.6 Å². The molecule has 2 aliphatic carbocycles. The van der Waals surface area contributed by atoms with Crippen molar-refractivity contribution in [1.82, 2.24) is 23.4 Å². The molecule has 4 fully saturated rings. The van der Waals surface area contributed by atoms with Gasteiger partial charge in [-0.15, -0.1) is 0 Å². The molecule has 252 valence electrons. The van der Waals surface area contributed by atoms with Crippen molar-refractivity contribution in [3.63, 3.8) is 0 Å². The molecule has 3 heterocycles. The number of likely N-dealkylation sites (tertiary alicyclic amines) is 1. The van der Waals surface area contributed by atoms with Gasteiger partial charge in [0.05, 0.1) is 18.2 Å². The molecule has 1 N–H and O–H groups in total. The molecule has 11 heteroatoms. The lowest BCUT2D eigenvalue weighted by Gasteiger charge is -2.41. The van der Waals surface area contributed by atoms with Crippen molar-refractivity contribution in [2.45, 2.75) is 82.3 Å². The molecule has 1 aromatic heterocycles. The summed E-state index contributed by atoms with van der Waals surface area (Å²) in [7, 11) is 2.62. The van der Waals surface area contributed by atoms with Gasteiger partial charge in [-0.2, -0.15) is 12.7 Å². The Kier molecular flexibility index (Phi) is 8.37. The summed E-state index contributed by atoms with van der Waals surface area (Å²) >= 11 is 0. The van der Waals surface area contributed by atoms with Crippen LogP contribution in [0.2, 0.25) is 0 Å². The van der Waals surface area contributed by atoms with E-state index in [2.05, 4.69) is 38.3 Å².